The van der Waals surface area contributed by atoms with Gasteiger partial charge in [0.15, 0.2) is 0 Å². The molecule has 0 saturated heterocycles. The van der Waals surface area contributed by atoms with Crippen molar-refractivity contribution in [1.29, 1.82) is 0 Å². The molecule has 0 bridgehead atoms. The predicted molar refractivity (Wildman–Crippen MR) is 121 cm³/mol. The first-order chi connectivity index (χ1) is 14.9. The van der Waals surface area contributed by atoms with Gasteiger partial charge in [-0.1, -0.05) is 51.2 Å². The number of unbranched alkanes of at least 4 members (excludes halogenated alkanes) is 5. The van der Waals surface area contributed by atoms with Crippen molar-refractivity contribution >= 4 is 0 Å². The van der Waals surface area contributed by atoms with Crippen LogP contribution in [0.4, 0.5) is 0 Å². The zero-order valence-corrected chi connectivity index (χ0v) is 18.9. The maximum atomic E-state index is 5.73. The lowest BCUT2D eigenvalue weighted by atomic mass is 10.0. The molecule has 0 heterocycles. The summed E-state index contributed by atoms with van der Waals surface area (Å²) in [5.41, 5.74) is 6.71. The van der Waals surface area contributed by atoms with Gasteiger partial charge in [0, 0.05) is 6.54 Å². The summed E-state index contributed by atoms with van der Waals surface area (Å²) < 4.78 is 27.3. The molecule has 0 aliphatic heterocycles. The molecule has 30 heavy (non-hydrogen) atoms. The Morgan fingerprint density at radius 3 is 1.67 bits per heavy atom. The summed E-state index contributed by atoms with van der Waals surface area (Å²) >= 11 is 0. The molecular formula is C24H43NO5. The Balaban J connectivity index is 1.87. The quantitative estimate of drug-likeness (QED) is 0.283. The molecule has 174 valence electrons. The lowest BCUT2D eigenvalue weighted by molar-refractivity contribution is -0.00386. The fourth-order valence-electron chi connectivity index (χ4n) is 2.93. The predicted octanol–water partition coefficient (Wildman–Crippen LogP) is 3.99. The second kappa shape index (κ2) is 21.1. The molecule has 0 unspecified atom stereocenters. The van der Waals surface area contributed by atoms with Gasteiger partial charge in [-0.05, 0) is 30.5 Å². The molecule has 0 atom stereocenters. The van der Waals surface area contributed by atoms with E-state index in [0.29, 0.717) is 66.0 Å². The van der Waals surface area contributed by atoms with E-state index in [2.05, 4.69) is 31.2 Å². The highest BCUT2D eigenvalue weighted by atomic mass is 16.6. The van der Waals surface area contributed by atoms with Gasteiger partial charge >= 0.3 is 0 Å². The Morgan fingerprint density at radius 2 is 1.10 bits per heavy atom. The van der Waals surface area contributed by atoms with Crippen molar-refractivity contribution in [2.24, 2.45) is 5.73 Å². The monoisotopic (exact) mass is 425 g/mol. The molecule has 6 heteroatoms. The first-order valence-electron chi connectivity index (χ1n) is 11.6. The third kappa shape index (κ3) is 16.6. The van der Waals surface area contributed by atoms with E-state index in [-0.39, 0.29) is 0 Å². The standard InChI is InChI=1S/C24H43NO5/c1-2-3-4-5-6-7-8-23-9-11-24(12-10-23)30-22-21-29-20-19-28-18-17-27-16-15-26-14-13-25/h9-12H,2-8,13-22,25H2,1H3. The number of nitrogens with two attached hydrogens (primary N) is 1. The van der Waals surface area contributed by atoms with Crippen LogP contribution in [0.25, 0.3) is 0 Å². The van der Waals surface area contributed by atoms with E-state index in [1.807, 2.05) is 0 Å². The Morgan fingerprint density at radius 1 is 0.600 bits per heavy atom. The molecule has 1 rings (SSSR count). The molecule has 0 saturated carbocycles. The molecule has 1 aromatic carbocycles. The highest BCUT2D eigenvalue weighted by Crippen LogP contribution is 2.15. The van der Waals surface area contributed by atoms with Crippen LogP contribution in [-0.2, 0) is 25.4 Å². The van der Waals surface area contributed by atoms with E-state index in [9.17, 15) is 0 Å². The average Bonchev–Trinajstić information content (AvgIpc) is 2.77. The van der Waals surface area contributed by atoms with Crippen molar-refractivity contribution < 1.29 is 23.7 Å². The Bertz CT molecular complexity index is 469. The van der Waals surface area contributed by atoms with E-state index in [0.717, 1.165) is 12.2 Å². The van der Waals surface area contributed by atoms with Crippen LogP contribution in [0.2, 0.25) is 0 Å². The maximum absolute atomic E-state index is 5.73. The summed E-state index contributed by atoms with van der Waals surface area (Å²) in [5, 5.41) is 0. The number of hydrogen-bond acceptors (Lipinski definition) is 6. The smallest absolute Gasteiger partial charge is 0.119 e. The lowest BCUT2D eigenvalue weighted by Gasteiger charge is -2.09. The Labute approximate surface area is 183 Å². The minimum absolute atomic E-state index is 0.541. The fourth-order valence-corrected chi connectivity index (χ4v) is 2.93. The van der Waals surface area contributed by atoms with Gasteiger partial charge in [0.2, 0.25) is 0 Å². The molecule has 0 amide bonds. The van der Waals surface area contributed by atoms with Gasteiger partial charge in [0.25, 0.3) is 0 Å². The van der Waals surface area contributed by atoms with Crippen LogP contribution in [0.3, 0.4) is 0 Å². The van der Waals surface area contributed by atoms with Gasteiger partial charge in [-0.25, -0.2) is 0 Å². The SMILES string of the molecule is CCCCCCCCc1ccc(OCCOCCOCCOCCOCCN)cc1. The largest absolute Gasteiger partial charge is 0.491 e. The average molecular weight is 426 g/mol. The summed E-state index contributed by atoms with van der Waals surface area (Å²) in [6.45, 7) is 7.84. The third-order valence-corrected chi connectivity index (χ3v) is 4.62. The van der Waals surface area contributed by atoms with Gasteiger partial charge in [0.05, 0.1) is 52.9 Å². The first kappa shape index (κ1) is 26.9. The van der Waals surface area contributed by atoms with Crippen LogP contribution in [0.5, 0.6) is 5.75 Å². The van der Waals surface area contributed by atoms with Gasteiger partial charge in [-0.15, -0.1) is 0 Å². The summed E-state index contributed by atoms with van der Waals surface area (Å²) in [4.78, 5) is 0. The van der Waals surface area contributed by atoms with Gasteiger partial charge in [-0.2, -0.15) is 0 Å². The van der Waals surface area contributed by atoms with E-state index < -0.39 is 0 Å². The van der Waals surface area contributed by atoms with Crippen LogP contribution < -0.4 is 10.5 Å². The van der Waals surface area contributed by atoms with E-state index in [1.165, 1.54) is 44.1 Å². The number of aryl methyl sites for hydroxylation is 1. The van der Waals surface area contributed by atoms with Crippen LogP contribution >= 0.6 is 0 Å². The normalized spacial score (nSPS) is 11.1. The molecule has 2 N–H and O–H groups in total. The summed E-state index contributed by atoms with van der Waals surface area (Å²) in [6, 6.07) is 8.44. The third-order valence-electron chi connectivity index (χ3n) is 4.62. The number of rotatable bonds is 22. The van der Waals surface area contributed by atoms with E-state index >= 15 is 0 Å². The van der Waals surface area contributed by atoms with Crippen molar-refractivity contribution in [2.75, 3.05) is 66.0 Å². The first-order valence-corrected chi connectivity index (χ1v) is 11.6. The van der Waals surface area contributed by atoms with Crippen LogP contribution in [0.15, 0.2) is 24.3 Å². The number of hydrogen-bond donors (Lipinski definition) is 1. The second-order valence-corrected chi connectivity index (χ2v) is 7.25. The van der Waals surface area contributed by atoms with Crippen LogP contribution in [0, 0.1) is 0 Å². The Hall–Kier alpha value is -1.18. The van der Waals surface area contributed by atoms with Gasteiger partial charge < -0.3 is 29.4 Å². The molecule has 0 fully saturated rings. The lowest BCUT2D eigenvalue weighted by Crippen LogP contribution is -2.15. The zero-order valence-electron chi connectivity index (χ0n) is 18.9. The van der Waals surface area contributed by atoms with Crippen molar-refractivity contribution in [3.05, 3.63) is 29.8 Å². The highest BCUT2D eigenvalue weighted by Gasteiger charge is 1.98. The number of ether oxygens (including phenoxy) is 5. The van der Waals surface area contributed by atoms with Gasteiger partial charge in [-0.3, -0.25) is 0 Å². The zero-order chi connectivity index (χ0) is 21.5. The molecule has 0 radical (unpaired) electrons. The summed E-state index contributed by atoms with van der Waals surface area (Å²) in [5.74, 6) is 0.897. The number of benzene rings is 1. The van der Waals surface area contributed by atoms with Crippen molar-refractivity contribution in [2.45, 2.75) is 51.9 Å². The van der Waals surface area contributed by atoms with E-state index in [1.54, 1.807) is 0 Å². The maximum Gasteiger partial charge on any atom is 0.119 e. The van der Waals surface area contributed by atoms with Crippen LogP contribution in [-0.4, -0.2) is 66.0 Å². The molecule has 0 aliphatic carbocycles. The fraction of sp³-hybridized carbons (Fsp3) is 0.750. The minimum Gasteiger partial charge on any atom is -0.491 e. The second-order valence-electron chi connectivity index (χ2n) is 7.25. The topological polar surface area (TPSA) is 72.2 Å². The van der Waals surface area contributed by atoms with Crippen LogP contribution in [0.1, 0.15) is 51.0 Å². The molecular weight excluding hydrogens is 382 g/mol. The Kier molecular flexibility index (Phi) is 18.9. The molecule has 0 spiro atoms. The molecule has 6 nitrogen and oxygen atoms in total. The molecule has 0 aromatic heterocycles. The van der Waals surface area contributed by atoms with E-state index in [4.69, 9.17) is 29.4 Å². The minimum atomic E-state index is 0.541. The summed E-state index contributed by atoms with van der Waals surface area (Å²) in [6.07, 6.45) is 9.16. The molecule has 1 aromatic rings. The van der Waals surface area contributed by atoms with Gasteiger partial charge in [0.1, 0.15) is 12.4 Å². The van der Waals surface area contributed by atoms with Crippen molar-refractivity contribution in [3.63, 3.8) is 0 Å². The van der Waals surface area contributed by atoms with Crippen molar-refractivity contribution in [1.82, 2.24) is 0 Å². The molecule has 0 aliphatic rings. The summed E-state index contributed by atoms with van der Waals surface area (Å²) in [7, 11) is 0. The highest BCUT2D eigenvalue weighted by molar-refractivity contribution is 5.27. The van der Waals surface area contributed by atoms with Crippen molar-refractivity contribution in [3.8, 4) is 5.75 Å².